The van der Waals surface area contributed by atoms with Crippen molar-refractivity contribution in [2.24, 2.45) is 0 Å². The first-order valence-corrected chi connectivity index (χ1v) is 11.6. The predicted molar refractivity (Wildman–Crippen MR) is 119 cm³/mol. The fourth-order valence-corrected chi connectivity index (χ4v) is 4.55. The molecule has 2 aromatic heterocycles. The van der Waals surface area contributed by atoms with E-state index in [4.69, 9.17) is 21.4 Å². The van der Waals surface area contributed by atoms with Gasteiger partial charge in [-0.15, -0.1) is 0 Å². The van der Waals surface area contributed by atoms with Gasteiger partial charge in [0.25, 0.3) is 0 Å². The van der Waals surface area contributed by atoms with Gasteiger partial charge in [-0.05, 0) is 41.5 Å². The minimum absolute atomic E-state index is 0.0378. The zero-order valence-electron chi connectivity index (χ0n) is 16.4. The van der Waals surface area contributed by atoms with Gasteiger partial charge in [0.1, 0.15) is 11.4 Å². The molecular formula is C22H21ClN2O4S. The first-order chi connectivity index (χ1) is 14.4. The van der Waals surface area contributed by atoms with Crippen LogP contribution in [-0.2, 0) is 9.84 Å². The van der Waals surface area contributed by atoms with Gasteiger partial charge in [0.2, 0.25) is 0 Å². The summed E-state index contributed by atoms with van der Waals surface area (Å²) < 4.78 is 30.6. The average molecular weight is 445 g/mol. The predicted octanol–water partition coefficient (Wildman–Crippen LogP) is 4.59. The van der Waals surface area contributed by atoms with Crippen molar-refractivity contribution in [1.29, 1.82) is 0 Å². The summed E-state index contributed by atoms with van der Waals surface area (Å²) in [5, 5.41) is 11.2. The molecule has 156 valence electrons. The Morgan fingerprint density at radius 3 is 2.80 bits per heavy atom. The third kappa shape index (κ3) is 3.76. The molecule has 0 bridgehead atoms. The number of benzene rings is 2. The van der Waals surface area contributed by atoms with Crippen LogP contribution in [0.15, 0.2) is 53.6 Å². The summed E-state index contributed by atoms with van der Waals surface area (Å²) in [6.45, 7) is 2.05. The van der Waals surface area contributed by atoms with Crippen LogP contribution in [0, 0.1) is 0 Å². The van der Waals surface area contributed by atoms with E-state index in [0.717, 1.165) is 27.4 Å². The number of nitrogens with zero attached hydrogens (tertiary/aromatic N) is 1. The lowest BCUT2D eigenvalue weighted by Crippen LogP contribution is -2.03. The van der Waals surface area contributed by atoms with E-state index >= 15 is 0 Å². The minimum Gasteiger partial charge on any atom is -0.491 e. The number of aromatic amines is 1. The molecule has 0 aliphatic carbocycles. The first-order valence-electron chi connectivity index (χ1n) is 9.61. The average Bonchev–Trinajstić information content (AvgIpc) is 3.13. The summed E-state index contributed by atoms with van der Waals surface area (Å²) >= 11 is 6.21. The second kappa shape index (κ2) is 8.26. The number of aromatic nitrogens is 2. The highest BCUT2D eigenvalue weighted by Crippen LogP contribution is 2.39. The number of pyridine rings is 1. The number of aliphatic hydroxyl groups is 1. The van der Waals surface area contributed by atoms with E-state index in [0.29, 0.717) is 29.4 Å². The molecule has 0 spiro atoms. The second-order valence-corrected chi connectivity index (χ2v) is 9.61. The highest BCUT2D eigenvalue weighted by atomic mass is 35.5. The number of rotatable bonds is 7. The van der Waals surface area contributed by atoms with Crippen LogP contribution < -0.4 is 4.74 Å². The Hall–Kier alpha value is -2.61. The van der Waals surface area contributed by atoms with Crippen LogP contribution in [0.1, 0.15) is 13.3 Å². The number of hydrogen-bond donors (Lipinski definition) is 2. The topological polar surface area (TPSA) is 92.3 Å². The molecule has 2 aromatic carbocycles. The standard InChI is InChI=1S/C22H21ClN2O4S/c1-2-30(27,28)16-6-3-5-14(11-16)17-7-8-19(29-10-4-9-26)21-20(17)18-12-15(23)13-24-22(18)25-21/h3,5-8,11-13,26H,2,4,9-10H2,1H3,(H,24,25). The summed E-state index contributed by atoms with van der Waals surface area (Å²) in [5.74, 6) is 0.671. The number of halogens is 1. The zero-order valence-corrected chi connectivity index (χ0v) is 17.9. The second-order valence-electron chi connectivity index (χ2n) is 6.89. The van der Waals surface area contributed by atoms with Gasteiger partial charge < -0.3 is 14.8 Å². The quantitative estimate of drug-likeness (QED) is 0.407. The van der Waals surface area contributed by atoms with Crippen LogP contribution in [0.5, 0.6) is 5.75 Å². The van der Waals surface area contributed by atoms with Crippen LogP contribution in [0.25, 0.3) is 33.1 Å². The Bertz CT molecular complexity index is 1330. The summed E-state index contributed by atoms with van der Waals surface area (Å²) in [6, 6.07) is 12.5. The normalized spacial score (nSPS) is 12.0. The van der Waals surface area contributed by atoms with Crippen molar-refractivity contribution in [3.05, 3.63) is 53.7 Å². The molecule has 2 N–H and O–H groups in total. The van der Waals surface area contributed by atoms with Gasteiger partial charge in [-0.2, -0.15) is 0 Å². The fourth-order valence-electron chi connectivity index (χ4n) is 3.47. The molecule has 8 heteroatoms. The summed E-state index contributed by atoms with van der Waals surface area (Å²) in [4.78, 5) is 7.96. The highest BCUT2D eigenvalue weighted by molar-refractivity contribution is 7.91. The minimum atomic E-state index is -3.33. The maximum absolute atomic E-state index is 12.4. The molecule has 0 unspecified atom stereocenters. The summed E-state index contributed by atoms with van der Waals surface area (Å²) in [7, 11) is -3.33. The van der Waals surface area contributed by atoms with Crippen molar-refractivity contribution in [2.45, 2.75) is 18.2 Å². The molecule has 0 aliphatic rings. The Kier molecular flexibility index (Phi) is 5.69. The first kappa shape index (κ1) is 20.7. The number of fused-ring (bicyclic) bond motifs is 3. The molecule has 30 heavy (non-hydrogen) atoms. The van der Waals surface area contributed by atoms with Crippen LogP contribution in [0.3, 0.4) is 0 Å². The van der Waals surface area contributed by atoms with Gasteiger partial charge in [0.05, 0.1) is 27.8 Å². The van der Waals surface area contributed by atoms with Crippen molar-refractivity contribution in [3.8, 4) is 16.9 Å². The molecule has 4 aromatic rings. The SMILES string of the molecule is CCS(=O)(=O)c1cccc(-c2ccc(OCCCO)c3[nH]c4ncc(Cl)cc4c23)c1. The number of aliphatic hydroxyl groups excluding tert-OH is 1. The lowest BCUT2D eigenvalue weighted by Gasteiger charge is -2.11. The highest BCUT2D eigenvalue weighted by Gasteiger charge is 2.18. The smallest absolute Gasteiger partial charge is 0.178 e. The molecule has 0 saturated carbocycles. The monoisotopic (exact) mass is 444 g/mol. The van der Waals surface area contributed by atoms with E-state index in [1.807, 2.05) is 24.3 Å². The van der Waals surface area contributed by atoms with Crippen molar-refractivity contribution in [3.63, 3.8) is 0 Å². The lowest BCUT2D eigenvalue weighted by atomic mass is 9.99. The van der Waals surface area contributed by atoms with Gasteiger partial charge in [-0.1, -0.05) is 30.7 Å². The molecule has 0 aliphatic heterocycles. The number of sulfone groups is 1. The molecule has 0 amide bonds. The van der Waals surface area contributed by atoms with E-state index < -0.39 is 9.84 Å². The van der Waals surface area contributed by atoms with E-state index in [-0.39, 0.29) is 17.3 Å². The Labute approximate surface area is 179 Å². The molecule has 0 atom stereocenters. The van der Waals surface area contributed by atoms with Crippen molar-refractivity contribution < 1.29 is 18.3 Å². The van der Waals surface area contributed by atoms with E-state index in [9.17, 15) is 8.42 Å². The number of ether oxygens (including phenoxy) is 1. The van der Waals surface area contributed by atoms with Crippen LogP contribution in [0.2, 0.25) is 5.02 Å². The number of nitrogens with one attached hydrogen (secondary N) is 1. The van der Waals surface area contributed by atoms with Crippen molar-refractivity contribution >= 4 is 43.4 Å². The van der Waals surface area contributed by atoms with Gasteiger partial charge in [0, 0.05) is 30.0 Å². The molecule has 4 rings (SSSR count). The maximum Gasteiger partial charge on any atom is 0.178 e. The van der Waals surface area contributed by atoms with Gasteiger partial charge in [0.15, 0.2) is 9.84 Å². The largest absolute Gasteiger partial charge is 0.491 e. The molecule has 0 radical (unpaired) electrons. The molecule has 0 saturated heterocycles. The Morgan fingerprint density at radius 2 is 2.03 bits per heavy atom. The number of H-pyrrole nitrogens is 1. The van der Waals surface area contributed by atoms with Gasteiger partial charge >= 0.3 is 0 Å². The third-order valence-electron chi connectivity index (χ3n) is 4.98. The lowest BCUT2D eigenvalue weighted by molar-refractivity contribution is 0.234. The summed E-state index contributed by atoms with van der Waals surface area (Å²) in [5.41, 5.74) is 3.03. The van der Waals surface area contributed by atoms with Gasteiger partial charge in [-0.25, -0.2) is 13.4 Å². The van der Waals surface area contributed by atoms with E-state index in [2.05, 4.69) is 9.97 Å². The van der Waals surface area contributed by atoms with Gasteiger partial charge in [-0.3, -0.25) is 0 Å². The maximum atomic E-state index is 12.4. The third-order valence-corrected chi connectivity index (χ3v) is 6.92. The van der Waals surface area contributed by atoms with E-state index in [1.54, 1.807) is 31.3 Å². The van der Waals surface area contributed by atoms with E-state index in [1.165, 1.54) is 0 Å². The number of hydrogen-bond acceptors (Lipinski definition) is 5. The summed E-state index contributed by atoms with van der Waals surface area (Å²) in [6.07, 6.45) is 2.09. The van der Waals surface area contributed by atoms with Crippen LogP contribution in [-0.4, -0.2) is 42.5 Å². The molecule has 2 heterocycles. The van der Waals surface area contributed by atoms with Crippen molar-refractivity contribution in [1.82, 2.24) is 9.97 Å². The Morgan fingerprint density at radius 1 is 1.20 bits per heavy atom. The van der Waals surface area contributed by atoms with Crippen molar-refractivity contribution in [2.75, 3.05) is 19.0 Å². The fraction of sp³-hybridized carbons (Fsp3) is 0.227. The molecular weight excluding hydrogens is 424 g/mol. The van der Waals surface area contributed by atoms with Crippen LogP contribution >= 0.6 is 11.6 Å². The molecule has 0 fully saturated rings. The zero-order chi connectivity index (χ0) is 21.3. The van der Waals surface area contributed by atoms with Crippen LogP contribution in [0.4, 0.5) is 0 Å². The molecule has 6 nitrogen and oxygen atoms in total. The Balaban J connectivity index is 1.97.